The molecule has 12 rings (SSSR count). The summed E-state index contributed by atoms with van der Waals surface area (Å²) >= 11 is 0. The third kappa shape index (κ3) is 6.52. The van der Waals surface area contributed by atoms with Gasteiger partial charge in [-0.05, 0) is 114 Å². The van der Waals surface area contributed by atoms with E-state index in [0.29, 0.717) is 6.54 Å². The maximum atomic E-state index is 6.87. The van der Waals surface area contributed by atoms with Crippen LogP contribution in [0.2, 0.25) is 0 Å². The minimum absolute atomic E-state index is 0.650. The molecule has 63 heavy (non-hydrogen) atoms. The lowest BCUT2D eigenvalue weighted by Crippen LogP contribution is -2.17. The van der Waals surface area contributed by atoms with Gasteiger partial charge in [-0.1, -0.05) is 194 Å². The first-order chi connectivity index (χ1) is 31.2. The van der Waals surface area contributed by atoms with Gasteiger partial charge in [0.1, 0.15) is 11.2 Å². The lowest BCUT2D eigenvalue weighted by Gasteiger charge is -2.27. The Labute approximate surface area is 366 Å². The lowest BCUT2D eigenvalue weighted by atomic mass is 9.93. The van der Waals surface area contributed by atoms with E-state index in [0.717, 1.165) is 49.8 Å². The molecule has 296 valence electrons. The molecule has 0 aliphatic rings. The van der Waals surface area contributed by atoms with Gasteiger partial charge in [-0.2, -0.15) is 0 Å². The van der Waals surface area contributed by atoms with Gasteiger partial charge in [-0.15, -0.1) is 0 Å². The molecular weight excluding hydrogens is 763 g/mol. The summed E-state index contributed by atoms with van der Waals surface area (Å²) in [5.41, 5.74) is 14.8. The van der Waals surface area contributed by atoms with Crippen LogP contribution in [0.1, 0.15) is 5.56 Å². The van der Waals surface area contributed by atoms with Crippen molar-refractivity contribution >= 4 is 65.6 Å². The van der Waals surface area contributed by atoms with E-state index < -0.39 is 0 Å². The average molecular weight is 804 g/mol. The van der Waals surface area contributed by atoms with Crippen molar-refractivity contribution in [1.82, 2.24) is 0 Å². The molecular formula is C61H41NO. The second-order valence-corrected chi connectivity index (χ2v) is 16.4. The van der Waals surface area contributed by atoms with E-state index in [2.05, 4.69) is 241 Å². The summed E-state index contributed by atoms with van der Waals surface area (Å²) in [6.45, 7) is 0.650. The average Bonchev–Trinajstić information content (AvgIpc) is 3.76. The predicted octanol–water partition coefficient (Wildman–Crippen LogP) is 17.1. The van der Waals surface area contributed by atoms with Crippen molar-refractivity contribution in [1.29, 1.82) is 0 Å². The highest BCUT2D eigenvalue weighted by Gasteiger charge is 2.19. The number of furan rings is 1. The number of fused-ring (bicyclic) bond motifs is 8. The fourth-order valence-corrected chi connectivity index (χ4v) is 9.62. The SMILES string of the molecule is c1ccc(-c2cccc(-c3ccc(N(Cc4ccccc4-c4cccc5c4oc4c6ccccc6ccc54)c4ccc(-c5cc6ccccc6c6ccccc56)cc4)cc3)c2)cc1. The number of nitrogens with zero attached hydrogens (tertiary/aromatic N) is 1. The second kappa shape index (κ2) is 15.4. The van der Waals surface area contributed by atoms with Crippen molar-refractivity contribution in [3.8, 4) is 44.5 Å². The molecule has 0 saturated heterocycles. The van der Waals surface area contributed by atoms with Crippen LogP contribution in [0.3, 0.4) is 0 Å². The first-order valence-corrected chi connectivity index (χ1v) is 21.7. The highest BCUT2D eigenvalue weighted by atomic mass is 16.3. The maximum Gasteiger partial charge on any atom is 0.143 e. The van der Waals surface area contributed by atoms with Crippen LogP contribution in [0.5, 0.6) is 0 Å². The van der Waals surface area contributed by atoms with E-state index in [1.807, 2.05) is 0 Å². The van der Waals surface area contributed by atoms with Crippen LogP contribution >= 0.6 is 0 Å². The molecule has 0 fully saturated rings. The van der Waals surface area contributed by atoms with Crippen molar-refractivity contribution < 1.29 is 4.42 Å². The molecule has 0 aliphatic carbocycles. The molecule has 11 aromatic carbocycles. The molecule has 12 aromatic rings. The number of benzene rings is 11. The van der Waals surface area contributed by atoms with E-state index in [-0.39, 0.29) is 0 Å². The molecule has 0 N–H and O–H groups in total. The van der Waals surface area contributed by atoms with Gasteiger partial charge < -0.3 is 9.32 Å². The summed E-state index contributed by atoms with van der Waals surface area (Å²) < 4.78 is 6.87. The van der Waals surface area contributed by atoms with E-state index in [1.165, 1.54) is 65.9 Å². The number of hydrogen-bond acceptors (Lipinski definition) is 2. The molecule has 0 bridgehead atoms. The minimum atomic E-state index is 0.650. The molecule has 0 saturated carbocycles. The van der Waals surface area contributed by atoms with Gasteiger partial charge in [0, 0.05) is 39.6 Å². The quantitative estimate of drug-likeness (QED) is 0.142. The van der Waals surface area contributed by atoms with Gasteiger partial charge in [0.25, 0.3) is 0 Å². The van der Waals surface area contributed by atoms with Crippen molar-refractivity contribution in [3.63, 3.8) is 0 Å². The fourth-order valence-electron chi connectivity index (χ4n) is 9.62. The van der Waals surface area contributed by atoms with Crippen LogP contribution in [0.4, 0.5) is 11.4 Å². The molecule has 2 heteroatoms. The summed E-state index contributed by atoms with van der Waals surface area (Å²) in [6, 6.07) is 85.6. The largest absolute Gasteiger partial charge is 0.455 e. The zero-order valence-electron chi connectivity index (χ0n) is 34.6. The van der Waals surface area contributed by atoms with Crippen molar-refractivity contribution in [2.75, 3.05) is 4.90 Å². The van der Waals surface area contributed by atoms with Gasteiger partial charge in [0.15, 0.2) is 0 Å². The molecule has 0 atom stereocenters. The zero-order valence-corrected chi connectivity index (χ0v) is 34.6. The van der Waals surface area contributed by atoms with E-state index in [4.69, 9.17) is 4.42 Å². The second-order valence-electron chi connectivity index (χ2n) is 16.4. The minimum Gasteiger partial charge on any atom is -0.455 e. The molecule has 2 nitrogen and oxygen atoms in total. The summed E-state index contributed by atoms with van der Waals surface area (Å²) in [5, 5.41) is 9.63. The third-order valence-corrected chi connectivity index (χ3v) is 12.8. The Morgan fingerprint density at radius 2 is 0.825 bits per heavy atom. The van der Waals surface area contributed by atoms with Crippen LogP contribution < -0.4 is 4.90 Å². The summed E-state index contributed by atoms with van der Waals surface area (Å²) in [4.78, 5) is 2.44. The van der Waals surface area contributed by atoms with Crippen molar-refractivity contribution in [2.24, 2.45) is 0 Å². The Morgan fingerprint density at radius 3 is 1.60 bits per heavy atom. The van der Waals surface area contributed by atoms with E-state index in [9.17, 15) is 0 Å². The first kappa shape index (κ1) is 36.6. The third-order valence-electron chi connectivity index (χ3n) is 12.8. The molecule has 0 spiro atoms. The molecule has 1 aromatic heterocycles. The zero-order chi connectivity index (χ0) is 41.7. The van der Waals surface area contributed by atoms with Crippen molar-refractivity contribution in [2.45, 2.75) is 6.54 Å². The Hall–Kier alpha value is -8.20. The van der Waals surface area contributed by atoms with E-state index in [1.54, 1.807) is 0 Å². The van der Waals surface area contributed by atoms with Crippen LogP contribution in [0.25, 0.3) is 98.8 Å². The first-order valence-electron chi connectivity index (χ1n) is 21.7. The van der Waals surface area contributed by atoms with Gasteiger partial charge in [-0.3, -0.25) is 0 Å². The maximum absolute atomic E-state index is 6.87. The summed E-state index contributed by atoms with van der Waals surface area (Å²) in [6.07, 6.45) is 0. The number of para-hydroxylation sites is 1. The number of hydrogen-bond donors (Lipinski definition) is 0. The highest BCUT2D eigenvalue weighted by molar-refractivity contribution is 6.17. The van der Waals surface area contributed by atoms with Crippen molar-refractivity contribution in [3.05, 3.63) is 242 Å². The Morgan fingerprint density at radius 1 is 0.286 bits per heavy atom. The number of rotatable bonds is 8. The molecule has 1 heterocycles. The predicted molar refractivity (Wildman–Crippen MR) is 267 cm³/mol. The van der Waals surface area contributed by atoms with Gasteiger partial charge in [0.05, 0.1) is 0 Å². The Balaban J connectivity index is 0.967. The molecule has 0 radical (unpaired) electrons. The van der Waals surface area contributed by atoms with Gasteiger partial charge in [-0.25, -0.2) is 0 Å². The fraction of sp³-hybridized carbons (Fsp3) is 0.0164. The normalized spacial score (nSPS) is 11.6. The van der Waals surface area contributed by atoms with Crippen LogP contribution in [0, 0.1) is 0 Å². The molecule has 0 unspecified atom stereocenters. The van der Waals surface area contributed by atoms with E-state index >= 15 is 0 Å². The summed E-state index contributed by atoms with van der Waals surface area (Å²) in [5.74, 6) is 0. The molecule has 0 amide bonds. The van der Waals surface area contributed by atoms with Gasteiger partial charge in [0.2, 0.25) is 0 Å². The molecule has 0 aliphatic heterocycles. The Bertz CT molecular complexity index is 3640. The standard InChI is InChI=1S/C61H41NO/c1-2-14-41(15-3-1)45-19-12-20-46(38-45)42-28-33-49(34-29-42)62(50-35-30-44(31-36-50)59-39-47-17-5-7-21-51(47)54-24-10-11-25-55(54)59)40-48-18-6-8-22-52(48)56-26-13-27-57-58-37-32-43-16-4-9-23-53(43)60(58)63-61(56)57/h1-39H,40H2. The Kier molecular flexibility index (Phi) is 8.93. The highest BCUT2D eigenvalue weighted by Crippen LogP contribution is 2.42. The topological polar surface area (TPSA) is 16.4 Å². The monoisotopic (exact) mass is 803 g/mol. The number of anilines is 2. The van der Waals surface area contributed by atoms with Crippen LogP contribution in [0.15, 0.2) is 241 Å². The van der Waals surface area contributed by atoms with Crippen LogP contribution in [-0.2, 0) is 6.54 Å². The summed E-state index contributed by atoms with van der Waals surface area (Å²) in [7, 11) is 0. The van der Waals surface area contributed by atoms with Crippen LogP contribution in [-0.4, -0.2) is 0 Å². The lowest BCUT2D eigenvalue weighted by molar-refractivity contribution is 0.673. The van der Waals surface area contributed by atoms with Gasteiger partial charge >= 0.3 is 0 Å². The smallest absolute Gasteiger partial charge is 0.143 e.